The molecule has 0 atom stereocenters. The van der Waals surface area contributed by atoms with E-state index in [1.165, 1.54) is 11.3 Å². The first-order valence-corrected chi connectivity index (χ1v) is 4.32. The Morgan fingerprint density at radius 2 is 2.50 bits per heavy atom. The van der Waals surface area contributed by atoms with E-state index in [-0.39, 0.29) is 0 Å². The summed E-state index contributed by atoms with van der Waals surface area (Å²) in [6.07, 6.45) is 4.39. The van der Waals surface area contributed by atoms with E-state index in [1.54, 1.807) is 10.9 Å². The van der Waals surface area contributed by atoms with Crippen molar-refractivity contribution in [2.45, 2.75) is 0 Å². The fourth-order valence-corrected chi connectivity index (χ4v) is 1.72. The minimum atomic E-state index is 0.700. The molecule has 60 valence electrons. The first kappa shape index (κ1) is 7.24. The zero-order valence-corrected chi connectivity index (χ0v) is 6.99. The van der Waals surface area contributed by atoms with Crippen LogP contribution in [0.5, 0.6) is 0 Å². The number of carbonyl (C=O) groups excluding carboxylic acids is 1. The molecule has 2 heterocycles. The van der Waals surface area contributed by atoms with Gasteiger partial charge in [0, 0.05) is 23.3 Å². The van der Waals surface area contributed by atoms with Gasteiger partial charge < -0.3 is 0 Å². The van der Waals surface area contributed by atoms with Gasteiger partial charge in [0.25, 0.3) is 0 Å². The van der Waals surface area contributed by atoms with Crippen LogP contribution in [0.1, 0.15) is 10.4 Å². The molecule has 0 aliphatic rings. The van der Waals surface area contributed by atoms with Crippen LogP contribution in [0, 0.1) is 0 Å². The van der Waals surface area contributed by atoms with Crippen LogP contribution in [-0.2, 0) is 0 Å². The third-order valence-electron chi connectivity index (χ3n) is 1.47. The summed E-state index contributed by atoms with van der Waals surface area (Å²) >= 11 is 1.50. The largest absolute Gasteiger partial charge is 0.298 e. The molecule has 0 N–H and O–H groups in total. The molecule has 0 bridgehead atoms. The summed E-state index contributed by atoms with van der Waals surface area (Å²) in [6.45, 7) is 0. The van der Waals surface area contributed by atoms with Crippen LogP contribution in [0.4, 0.5) is 0 Å². The van der Waals surface area contributed by atoms with Crippen molar-refractivity contribution in [3.8, 4) is 5.00 Å². The van der Waals surface area contributed by atoms with Gasteiger partial charge in [-0.25, -0.2) is 4.68 Å². The third-order valence-corrected chi connectivity index (χ3v) is 2.41. The van der Waals surface area contributed by atoms with Crippen LogP contribution in [0.15, 0.2) is 29.9 Å². The average Bonchev–Trinajstić information content (AvgIpc) is 2.75. The molecule has 0 fully saturated rings. The molecule has 0 radical (unpaired) electrons. The summed E-state index contributed by atoms with van der Waals surface area (Å²) in [6, 6.07) is 3.66. The summed E-state index contributed by atoms with van der Waals surface area (Å²) in [5.74, 6) is 0. The summed E-state index contributed by atoms with van der Waals surface area (Å²) in [4.78, 5) is 10.4. The third kappa shape index (κ3) is 1.16. The standard InChI is InChI=1S/C8H6N2OS/c11-5-7-4-8(12-6-7)10-3-1-2-9-10/h1-6H. The fourth-order valence-electron chi connectivity index (χ4n) is 0.920. The van der Waals surface area contributed by atoms with Gasteiger partial charge in [0.1, 0.15) is 5.00 Å². The van der Waals surface area contributed by atoms with Gasteiger partial charge in [-0.3, -0.25) is 4.79 Å². The number of rotatable bonds is 2. The predicted octanol–water partition coefficient (Wildman–Crippen LogP) is 1.75. The lowest BCUT2D eigenvalue weighted by molar-refractivity contribution is 0.112. The molecular formula is C8H6N2OS. The van der Waals surface area contributed by atoms with Crippen molar-refractivity contribution >= 4 is 17.6 Å². The molecule has 12 heavy (non-hydrogen) atoms. The van der Waals surface area contributed by atoms with E-state index in [0.717, 1.165) is 11.3 Å². The van der Waals surface area contributed by atoms with Crippen LogP contribution in [0.3, 0.4) is 0 Å². The van der Waals surface area contributed by atoms with Gasteiger partial charge >= 0.3 is 0 Å². The van der Waals surface area contributed by atoms with Gasteiger partial charge in [0.05, 0.1) is 0 Å². The quantitative estimate of drug-likeness (QED) is 0.656. The molecule has 2 rings (SSSR count). The Hall–Kier alpha value is -1.42. The molecule has 0 aliphatic heterocycles. The number of aldehydes is 1. The van der Waals surface area contributed by atoms with Crippen molar-refractivity contribution in [3.05, 3.63) is 35.5 Å². The lowest BCUT2D eigenvalue weighted by Crippen LogP contribution is -1.89. The zero-order chi connectivity index (χ0) is 8.39. The summed E-state index contributed by atoms with van der Waals surface area (Å²) in [7, 11) is 0. The molecule has 0 unspecified atom stereocenters. The van der Waals surface area contributed by atoms with Crippen molar-refractivity contribution in [1.82, 2.24) is 9.78 Å². The minimum Gasteiger partial charge on any atom is -0.298 e. The van der Waals surface area contributed by atoms with Gasteiger partial charge in [-0.05, 0) is 12.1 Å². The number of hydrogen-bond acceptors (Lipinski definition) is 3. The molecule has 2 aromatic rings. The normalized spacial score (nSPS) is 10.0. The van der Waals surface area contributed by atoms with Gasteiger partial charge in [-0.15, -0.1) is 11.3 Å². The van der Waals surface area contributed by atoms with Crippen molar-refractivity contribution in [1.29, 1.82) is 0 Å². The average molecular weight is 178 g/mol. The predicted molar refractivity (Wildman–Crippen MR) is 46.8 cm³/mol. The van der Waals surface area contributed by atoms with Crippen LogP contribution >= 0.6 is 11.3 Å². The van der Waals surface area contributed by atoms with Crippen LogP contribution < -0.4 is 0 Å². The van der Waals surface area contributed by atoms with Gasteiger partial charge in [0.15, 0.2) is 6.29 Å². The number of thiophene rings is 1. The lowest BCUT2D eigenvalue weighted by Gasteiger charge is -1.91. The van der Waals surface area contributed by atoms with Gasteiger partial charge in [-0.2, -0.15) is 5.10 Å². The maximum absolute atomic E-state index is 10.4. The molecule has 0 spiro atoms. The highest BCUT2D eigenvalue weighted by atomic mass is 32.1. The van der Waals surface area contributed by atoms with Crippen molar-refractivity contribution in [2.75, 3.05) is 0 Å². The van der Waals surface area contributed by atoms with Crippen molar-refractivity contribution in [3.63, 3.8) is 0 Å². The molecular weight excluding hydrogens is 172 g/mol. The van der Waals surface area contributed by atoms with Crippen LogP contribution in [-0.4, -0.2) is 16.1 Å². The summed E-state index contributed by atoms with van der Waals surface area (Å²) < 4.78 is 1.73. The monoisotopic (exact) mass is 178 g/mol. The second kappa shape index (κ2) is 2.91. The SMILES string of the molecule is O=Cc1csc(-n2cccn2)c1. The highest BCUT2D eigenvalue weighted by Gasteiger charge is 1.99. The highest BCUT2D eigenvalue weighted by Crippen LogP contribution is 2.16. The Balaban J connectivity index is 2.41. The Bertz CT molecular complexity index is 377. The van der Waals surface area contributed by atoms with Gasteiger partial charge in [-0.1, -0.05) is 0 Å². The Kier molecular flexibility index (Phi) is 1.75. The van der Waals surface area contributed by atoms with Crippen LogP contribution in [0.25, 0.3) is 5.00 Å². The van der Waals surface area contributed by atoms with E-state index in [2.05, 4.69) is 5.10 Å². The maximum Gasteiger partial charge on any atom is 0.150 e. The smallest absolute Gasteiger partial charge is 0.150 e. The Morgan fingerprint density at radius 1 is 1.58 bits per heavy atom. The maximum atomic E-state index is 10.4. The number of hydrogen-bond donors (Lipinski definition) is 0. The molecule has 0 amide bonds. The molecule has 0 aromatic carbocycles. The lowest BCUT2D eigenvalue weighted by atomic mass is 10.4. The minimum absolute atomic E-state index is 0.700. The van der Waals surface area contributed by atoms with Gasteiger partial charge in [0.2, 0.25) is 0 Å². The van der Waals surface area contributed by atoms with E-state index >= 15 is 0 Å². The zero-order valence-electron chi connectivity index (χ0n) is 6.18. The molecule has 0 aliphatic carbocycles. The highest BCUT2D eigenvalue weighted by molar-refractivity contribution is 7.12. The Labute approximate surface area is 73.3 Å². The molecule has 0 saturated heterocycles. The van der Waals surface area contributed by atoms with E-state index < -0.39 is 0 Å². The van der Waals surface area contributed by atoms with E-state index in [4.69, 9.17) is 0 Å². The molecule has 2 aromatic heterocycles. The van der Waals surface area contributed by atoms with Crippen molar-refractivity contribution in [2.24, 2.45) is 0 Å². The Morgan fingerprint density at radius 3 is 3.08 bits per heavy atom. The topological polar surface area (TPSA) is 34.9 Å². The second-order valence-corrected chi connectivity index (χ2v) is 3.18. The fraction of sp³-hybridized carbons (Fsp3) is 0. The first-order chi connectivity index (χ1) is 5.90. The van der Waals surface area contributed by atoms with Crippen LogP contribution in [0.2, 0.25) is 0 Å². The first-order valence-electron chi connectivity index (χ1n) is 3.44. The second-order valence-electron chi connectivity index (χ2n) is 2.29. The van der Waals surface area contributed by atoms with E-state index in [0.29, 0.717) is 5.56 Å². The molecule has 3 nitrogen and oxygen atoms in total. The summed E-state index contributed by atoms with van der Waals surface area (Å²) in [5.41, 5.74) is 0.700. The molecule has 4 heteroatoms. The summed E-state index contributed by atoms with van der Waals surface area (Å²) in [5, 5.41) is 6.82. The number of nitrogens with zero attached hydrogens (tertiary/aromatic N) is 2. The number of carbonyl (C=O) groups is 1. The van der Waals surface area contributed by atoms with Crippen molar-refractivity contribution < 1.29 is 4.79 Å². The van der Waals surface area contributed by atoms with E-state index in [1.807, 2.05) is 23.7 Å². The molecule has 0 saturated carbocycles. The number of aromatic nitrogens is 2. The van der Waals surface area contributed by atoms with E-state index in [9.17, 15) is 4.79 Å².